The van der Waals surface area contributed by atoms with Crippen LogP contribution in [-0.2, 0) is 9.47 Å². The molecule has 0 fully saturated rings. The summed E-state index contributed by atoms with van der Waals surface area (Å²) in [6.07, 6.45) is -0.828. The van der Waals surface area contributed by atoms with E-state index in [1.165, 1.54) is 12.1 Å². The fraction of sp³-hybridized carbons (Fsp3) is 0.429. The van der Waals surface area contributed by atoms with Gasteiger partial charge in [-0.05, 0) is 25.0 Å². The van der Waals surface area contributed by atoms with Gasteiger partial charge in [-0.3, -0.25) is 0 Å². The number of rotatable bonds is 5. The second kappa shape index (κ2) is 7.41. The number of hydrogen-bond acceptors (Lipinski definition) is 5. The fourth-order valence-electron chi connectivity index (χ4n) is 1.29. The van der Waals surface area contributed by atoms with Crippen LogP contribution in [-0.4, -0.2) is 25.3 Å². The summed E-state index contributed by atoms with van der Waals surface area (Å²) in [5.74, 6) is -0.183. The molecule has 1 aromatic carbocycles. The van der Waals surface area contributed by atoms with Gasteiger partial charge in [0.1, 0.15) is 11.3 Å². The van der Waals surface area contributed by atoms with E-state index in [0.717, 1.165) is 0 Å². The highest BCUT2D eigenvalue weighted by molar-refractivity contribution is 5.93. The third-order valence-electron chi connectivity index (χ3n) is 2.11. The van der Waals surface area contributed by atoms with Crippen LogP contribution in [0.1, 0.15) is 31.1 Å². The first-order valence-corrected chi connectivity index (χ1v) is 6.15. The largest absolute Gasteiger partial charge is 0.513 e. The van der Waals surface area contributed by atoms with Gasteiger partial charge in [-0.15, -0.1) is 0 Å². The summed E-state index contributed by atoms with van der Waals surface area (Å²) in [6.45, 7) is 6.06. The zero-order valence-corrected chi connectivity index (χ0v) is 11.3. The van der Waals surface area contributed by atoms with E-state index in [9.17, 15) is 9.59 Å². The Morgan fingerprint density at radius 2 is 1.84 bits per heavy atom. The van der Waals surface area contributed by atoms with E-state index in [1.54, 1.807) is 19.1 Å². The Balaban J connectivity index is 2.72. The average Bonchev–Trinajstić information content (AvgIpc) is 2.37. The van der Waals surface area contributed by atoms with Crippen molar-refractivity contribution in [2.45, 2.75) is 20.8 Å². The lowest BCUT2D eigenvalue weighted by molar-refractivity contribution is 0.0519. The molecule has 0 radical (unpaired) electrons. The van der Waals surface area contributed by atoms with Gasteiger partial charge in [-0.25, -0.2) is 9.59 Å². The number of esters is 1. The lowest BCUT2D eigenvalue weighted by Gasteiger charge is -2.10. The minimum absolute atomic E-state index is 0.134. The van der Waals surface area contributed by atoms with Gasteiger partial charge in [0.2, 0.25) is 0 Å². The molecule has 0 heterocycles. The molecule has 0 atom stereocenters. The smallest absolute Gasteiger partial charge is 0.462 e. The molecule has 0 aliphatic carbocycles. The molecule has 19 heavy (non-hydrogen) atoms. The quantitative estimate of drug-likeness (QED) is 0.605. The number of para-hydroxylation sites is 1. The van der Waals surface area contributed by atoms with Gasteiger partial charge in [0.05, 0.1) is 13.2 Å². The second-order valence-corrected chi connectivity index (χ2v) is 4.27. The number of carbonyl (C=O) groups excluding carboxylic acids is 2. The van der Waals surface area contributed by atoms with Crippen LogP contribution in [0.15, 0.2) is 24.3 Å². The first-order valence-electron chi connectivity index (χ1n) is 6.15. The molecular formula is C14H18O5. The highest BCUT2D eigenvalue weighted by Crippen LogP contribution is 2.19. The maximum absolute atomic E-state index is 11.7. The Morgan fingerprint density at radius 3 is 2.47 bits per heavy atom. The van der Waals surface area contributed by atoms with Crippen molar-refractivity contribution in [2.24, 2.45) is 5.92 Å². The van der Waals surface area contributed by atoms with E-state index in [-0.39, 0.29) is 30.4 Å². The molecule has 0 bridgehead atoms. The summed E-state index contributed by atoms with van der Waals surface area (Å²) in [5, 5.41) is 0. The maximum Gasteiger partial charge on any atom is 0.513 e. The first-order chi connectivity index (χ1) is 9.04. The van der Waals surface area contributed by atoms with E-state index in [4.69, 9.17) is 14.2 Å². The third kappa shape index (κ3) is 4.99. The topological polar surface area (TPSA) is 61.8 Å². The molecule has 1 aromatic rings. The fourth-order valence-corrected chi connectivity index (χ4v) is 1.29. The first kappa shape index (κ1) is 15.0. The molecule has 5 heteroatoms. The maximum atomic E-state index is 11.7. The highest BCUT2D eigenvalue weighted by atomic mass is 16.7. The van der Waals surface area contributed by atoms with Crippen molar-refractivity contribution >= 4 is 12.1 Å². The minimum atomic E-state index is -0.828. The van der Waals surface area contributed by atoms with E-state index in [0.29, 0.717) is 0 Å². The summed E-state index contributed by atoms with van der Waals surface area (Å²) >= 11 is 0. The molecule has 0 aliphatic rings. The van der Waals surface area contributed by atoms with E-state index >= 15 is 0 Å². The average molecular weight is 266 g/mol. The monoisotopic (exact) mass is 266 g/mol. The van der Waals surface area contributed by atoms with Crippen molar-refractivity contribution in [1.82, 2.24) is 0 Å². The van der Waals surface area contributed by atoms with Crippen molar-refractivity contribution in [3.05, 3.63) is 29.8 Å². The highest BCUT2D eigenvalue weighted by Gasteiger charge is 2.16. The van der Waals surface area contributed by atoms with Crippen LogP contribution in [0.4, 0.5) is 4.79 Å². The summed E-state index contributed by atoms with van der Waals surface area (Å²) in [6, 6.07) is 6.37. The molecule has 0 unspecified atom stereocenters. The predicted molar refractivity (Wildman–Crippen MR) is 69.2 cm³/mol. The predicted octanol–water partition coefficient (Wildman–Crippen LogP) is 3.03. The lowest BCUT2D eigenvalue weighted by atomic mass is 10.2. The van der Waals surface area contributed by atoms with Crippen LogP contribution >= 0.6 is 0 Å². The van der Waals surface area contributed by atoms with Crippen molar-refractivity contribution in [1.29, 1.82) is 0 Å². The third-order valence-corrected chi connectivity index (χ3v) is 2.11. The van der Waals surface area contributed by atoms with Crippen molar-refractivity contribution in [3.63, 3.8) is 0 Å². The minimum Gasteiger partial charge on any atom is -0.462 e. The second-order valence-electron chi connectivity index (χ2n) is 4.27. The summed E-state index contributed by atoms with van der Waals surface area (Å²) in [7, 11) is 0. The van der Waals surface area contributed by atoms with Gasteiger partial charge in [0, 0.05) is 0 Å². The molecule has 0 amide bonds. The molecule has 0 aromatic heterocycles. The molecule has 0 saturated heterocycles. The molecule has 0 N–H and O–H groups in total. The Kier molecular flexibility index (Phi) is 5.85. The normalized spacial score (nSPS) is 10.1. The van der Waals surface area contributed by atoms with Gasteiger partial charge in [-0.1, -0.05) is 26.0 Å². The lowest BCUT2D eigenvalue weighted by Crippen LogP contribution is -2.16. The van der Waals surface area contributed by atoms with Crippen molar-refractivity contribution < 1.29 is 23.8 Å². The van der Waals surface area contributed by atoms with Crippen LogP contribution in [0.5, 0.6) is 5.75 Å². The van der Waals surface area contributed by atoms with E-state index in [1.807, 2.05) is 13.8 Å². The number of ether oxygens (including phenoxy) is 3. The zero-order valence-electron chi connectivity index (χ0n) is 11.3. The van der Waals surface area contributed by atoms with Gasteiger partial charge in [-0.2, -0.15) is 0 Å². The molecule has 5 nitrogen and oxygen atoms in total. The SMILES string of the molecule is CCOC(=O)c1ccccc1OC(=O)OCC(C)C. The number of carbonyl (C=O) groups is 2. The van der Waals surface area contributed by atoms with Crippen LogP contribution < -0.4 is 4.74 Å². The Morgan fingerprint density at radius 1 is 1.16 bits per heavy atom. The van der Waals surface area contributed by atoms with Crippen LogP contribution in [0.2, 0.25) is 0 Å². The van der Waals surface area contributed by atoms with Gasteiger partial charge < -0.3 is 14.2 Å². The van der Waals surface area contributed by atoms with Crippen LogP contribution in [0.3, 0.4) is 0 Å². The molecular weight excluding hydrogens is 248 g/mol. The standard InChI is InChI=1S/C14H18O5/c1-4-17-13(15)11-7-5-6-8-12(11)19-14(16)18-9-10(2)3/h5-8,10H,4,9H2,1-3H3. The van der Waals surface area contributed by atoms with Gasteiger partial charge >= 0.3 is 12.1 Å². The molecule has 0 aliphatic heterocycles. The summed E-state index contributed by atoms with van der Waals surface area (Å²) < 4.78 is 14.8. The van der Waals surface area contributed by atoms with Gasteiger partial charge in [0.25, 0.3) is 0 Å². The number of hydrogen-bond donors (Lipinski definition) is 0. The van der Waals surface area contributed by atoms with E-state index in [2.05, 4.69) is 0 Å². The van der Waals surface area contributed by atoms with Crippen LogP contribution in [0.25, 0.3) is 0 Å². The number of benzene rings is 1. The Bertz CT molecular complexity index is 439. The molecule has 104 valence electrons. The molecule has 1 rings (SSSR count). The molecule has 0 saturated carbocycles. The van der Waals surface area contributed by atoms with Crippen molar-refractivity contribution in [3.8, 4) is 5.75 Å². The van der Waals surface area contributed by atoms with Crippen molar-refractivity contribution in [2.75, 3.05) is 13.2 Å². The summed E-state index contributed by atoms with van der Waals surface area (Å²) in [5.41, 5.74) is 0.200. The molecule has 0 spiro atoms. The van der Waals surface area contributed by atoms with Crippen LogP contribution in [0, 0.1) is 5.92 Å². The Labute approximate surface area is 112 Å². The van der Waals surface area contributed by atoms with Gasteiger partial charge in [0.15, 0.2) is 0 Å². The summed E-state index contributed by atoms with van der Waals surface area (Å²) in [4.78, 5) is 23.1. The zero-order chi connectivity index (χ0) is 14.3. The Hall–Kier alpha value is -2.04. The van der Waals surface area contributed by atoms with E-state index < -0.39 is 12.1 Å².